The Balaban J connectivity index is 1.70. The van der Waals surface area contributed by atoms with Crippen LogP contribution in [0.4, 0.5) is 5.69 Å². The summed E-state index contributed by atoms with van der Waals surface area (Å²) in [6, 6.07) is 18.4. The Morgan fingerprint density at radius 2 is 1.70 bits per heavy atom. The number of methoxy groups -OCH3 is 1. The maximum atomic E-state index is 12.7. The fourth-order valence-corrected chi connectivity index (χ4v) is 4.01. The van der Waals surface area contributed by atoms with Crippen molar-refractivity contribution in [3.63, 3.8) is 0 Å². The Morgan fingerprint density at radius 1 is 0.926 bits per heavy atom. The van der Waals surface area contributed by atoms with Crippen LogP contribution in [0, 0.1) is 0 Å². The molecule has 0 saturated carbocycles. The van der Waals surface area contributed by atoms with Crippen LogP contribution in [0.1, 0.15) is 10.4 Å². The SMILES string of the molecule is COC(=O)c1cccc(S(=O)(=O)Nc2ccc3c(c2)oc2ccccc23)c1. The van der Waals surface area contributed by atoms with E-state index in [2.05, 4.69) is 9.46 Å². The van der Waals surface area contributed by atoms with Crippen molar-refractivity contribution < 1.29 is 22.4 Å². The number of benzene rings is 3. The highest BCUT2D eigenvalue weighted by atomic mass is 32.2. The number of anilines is 1. The summed E-state index contributed by atoms with van der Waals surface area (Å²) in [6.07, 6.45) is 0. The topological polar surface area (TPSA) is 85.6 Å². The van der Waals surface area contributed by atoms with Crippen molar-refractivity contribution in [3.8, 4) is 0 Å². The Bertz CT molecular complexity index is 1270. The number of para-hydroxylation sites is 1. The number of esters is 1. The molecule has 3 aromatic carbocycles. The van der Waals surface area contributed by atoms with Gasteiger partial charge in [-0.1, -0.05) is 24.3 Å². The number of hydrogen-bond acceptors (Lipinski definition) is 5. The molecule has 0 spiro atoms. The van der Waals surface area contributed by atoms with E-state index in [0.29, 0.717) is 11.3 Å². The van der Waals surface area contributed by atoms with Gasteiger partial charge >= 0.3 is 5.97 Å². The first-order valence-electron chi connectivity index (χ1n) is 8.10. The summed E-state index contributed by atoms with van der Waals surface area (Å²) in [6.45, 7) is 0. The molecule has 4 rings (SSSR count). The molecule has 7 heteroatoms. The first-order chi connectivity index (χ1) is 13.0. The Hall–Kier alpha value is -3.32. The van der Waals surface area contributed by atoms with E-state index >= 15 is 0 Å². The van der Waals surface area contributed by atoms with Crippen molar-refractivity contribution in [2.75, 3.05) is 11.8 Å². The highest BCUT2D eigenvalue weighted by Gasteiger charge is 2.17. The maximum Gasteiger partial charge on any atom is 0.337 e. The molecule has 0 aliphatic heterocycles. The van der Waals surface area contributed by atoms with Gasteiger partial charge in [-0.3, -0.25) is 4.72 Å². The lowest BCUT2D eigenvalue weighted by molar-refractivity contribution is 0.0600. The van der Waals surface area contributed by atoms with Crippen molar-refractivity contribution in [2.45, 2.75) is 4.90 Å². The van der Waals surface area contributed by atoms with Gasteiger partial charge in [0.15, 0.2) is 0 Å². The van der Waals surface area contributed by atoms with Gasteiger partial charge < -0.3 is 9.15 Å². The molecule has 1 heterocycles. The van der Waals surface area contributed by atoms with Crippen LogP contribution in [0.2, 0.25) is 0 Å². The quantitative estimate of drug-likeness (QED) is 0.536. The molecule has 0 bridgehead atoms. The van der Waals surface area contributed by atoms with Crippen molar-refractivity contribution in [1.29, 1.82) is 0 Å². The van der Waals surface area contributed by atoms with Crippen LogP contribution in [0.25, 0.3) is 21.9 Å². The van der Waals surface area contributed by atoms with Crippen LogP contribution in [-0.2, 0) is 14.8 Å². The molecule has 0 amide bonds. The number of sulfonamides is 1. The monoisotopic (exact) mass is 381 g/mol. The summed E-state index contributed by atoms with van der Waals surface area (Å²) in [5, 5.41) is 1.87. The molecule has 0 atom stereocenters. The highest BCUT2D eigenvalue weighted by molar-refractivity contribution is 7.92. The van der Waals surface area contributed by atoms with Gasteiger partial charge in [0, 0.05) is 16.8 Å². The fraction of sp³-hybridized carbons (Fsp3) is 0.0500. The lowest BCUT2D eigenvalue weighted by atomic mass is 10.1. The third-order valence-electron chi connectivity index (χ3n) is 4.20. The van der Waals surface area contributed by atoms with E-state index in [0.717, 1.165) is 16.4 Å². The molecule has 0 saturated heterocycles. The predicted molar refractivity (Wildman–Crippen MR) is 102 cm³/mol. The molecule has 0 fully saturated rings. The van der Waals surface area contributed by atoms with Gasteiger partial charge in [-0.25, -0.2) is 13.2 Å². The Labute approximate surface area is 155 Å². The molecule has 6 nitrogen and oxygen atoms in total. The third kappa shape index (κ3) is 3.13. The van der Waals surface area contributed by atoms with Gasteiger partial charge in [0.2, 0.25) is 0 Å². The normalized spacial score (nSPS) is 11.6. The van der Waals surface area contributed by atoms with Crippen LogP contribution in [-0.4, -0.2) is 21.5 Å². The summed E-state index contributed by atoms with van der Waals surface area (Å²) >= 11 is 0. The van der Waals surface area contributed by atoms with Gasteiger partial charge in [-0.2, -0.15) is 0 Å². The number of ether oxygens (including phenoxy) is 1. The van der Waals surface area contributed by atoms with Crippen molar-refractivity contribution >= 4 is 43.6 Å². The van der Waals surface area contributed by atoms with Crippen molar-refractivity contribution in [3.05, 3.63) is 72.3 Å². The molecule has 0 unspecified atom stereocenters. The molecule has 136 valence electrons. The molecule has 0 aliphatic carbocycles. The predicted octanol–water partition coefficient (Wildman–Crippen LogP) is 4.17. The molecule has 4 aromatic rings. The van der Waals surface area contributed by atoms with Crippen LogP contribution in [0.15, 0.2) is 76.0 Å². The van der Waals surface area contributed by atoms with Gasteiger partial charge in [0.25, 0.3) is 10.0 Å². The lowest BCUT2D eigenvalue weighted by Gasteiger charge is -2.09. The minimum absolute atomic E-state index is 0.0323. The zero-order valence-corrected chi connectivity index (χ0v) is 15.1. The minimum atomic E-state index is -3.88. The third-order valence-corrected chi connectivity index (χ3v) is 5.58. The summed E-state index contributed by atoms with van der Waals surface area (Å²) in [5.41, 5.74) is 1.84. The van der Waals surface area contributed by atoms with E-state index in [1.54, 1.807) is 12.1 Å². The van der Waals surface area contributed by atoms with Crippen LogP contribution < -0.4 is 4.72 Å². The van der Waals surface area contributed by atoms with Crippen LogP contribution >= 0.6 is 0 Å². The molecular weight excluding hydrogens is 366 g/mol. The number of hydrogen-bond donors (Lipinski definition) is 1. The molecule has 0 radical (unpaired) electrons. The second-order valence-corrected chi connectivity index (χ2v) is 7.62. The van der Waals surface area contributed by atoms with E-state index in [1.165, 1.54) is 31.4 Å². The largest absolute Gasteiger partial charge is 0.465 e. The maximum absolute atomic E-state index is 12.7. The molecule has 1 N–H and O–H groups in total. The minimum Gasteiger partial charge on any atom is -0.465 e. The van der Waals surface area contributed by atoms with Crippen molar-refractivity contribution in [1.82, 2.24) is 0 Å². The Kier molecular flexibility index (Phi) is 4.08. The van der Waals surface area contributed by atoms with E-state index in [4.69, 9.17) is 4.42 Å². The second kappa shape index (κ2) is 6.44. The summed E-state index contributed by atoms with van der Waals surface area (Å²) in [4.78, 5) is 11.6. The number of carbonyl (C=O) groups is 1. The highest BCUT2D eigenvalue weighted by Crippen LogP contribution is 2.31. The molecule has 1 aromatic heterocycles. The van der Waals surface area contributed by atoms with E-state index in [1.807, 2.05) is 30.3 Å². The van der Waals surface area contributed by atoms with Crippen LogP contribution in [0.3, 0.4) is 0 Å². The fourth-order valence-electron chi connectivity index (χ4n) is 2.91. The van der Waals surface area contributed by atoms with Gasteiger partial charge in [0.05, 0.1) is 23.3 Å². The zero-order valence-electron chi connectivity index (χ0n) is 14.3. The lowest BCUT2D eigenvalue weighted by Crippen LogP contribution is -2.14. The number of furan rings is 1. The van der Waals surface area contributed by atoms with E-state index in [9.17, 15) is 13.2 Å². The van der Waals surface area contributed by atoms with Crippen LogP contribution in [0.5, 0.6) is 0 Å². The summed E-state index contributed by atoms with van der Waals surface area (Å²) in [7, 11) is -2.64. The summed E-state index contributed by atoms with van der Waals surface area (Å²) < 4.78 is 38.3. The first-order valence-corrected chi connectivity index (χ1v) is 9.59. The van der Waals surface area contributed by atoms with E-state index < -0.39 is 16.0 Å². The first kappa shape index (κ1) is 17.1. The molecular formula is C20H15NO5S. The van der Waals surface area contributed by atoms with E-state index in [-0.39, 0.29) is 10.5 Å². The number of nitrogens with one attached hydrogen (secondary N) is 1. The van der Waals surface area contributed by atoms with Crippen molar-refractivity contribution in [2.24, 2.45) is 0 Å². The number of fused-ring (bicyclic) bond motifs is 3. The number of rotatable bonds is 4. The average molecular weight is 381 g/mol. The molecule has 27 heavy (non-hydrogen) atoms. The van der Waals surface area contributed by atoms with Gasteiger partial charge in [-0.15, -0.1) is 0 Å². The average Bonchev–Trinajstić information content (AvgIpc) is 3.04. The summed E-state index contributed by atoms with van der Waals surface area (Å²) in [5.74, 6) is -0.601. The number of carbonyl (C=O) groups excluding carboxylic acids is 1. The standard InChI is InChI=1S/C20H15NO5S/c1-25-20(22)13-5-4-6-15(11-13)27(23,24)21-14-9-10-17-16-7-2-3-8-18(16)26-19(17)12-14/h2-12,21H,1H3. The second-order valence-electron chi connectivity index (χ2n) is 5.93. The molecule has 0 aliphatic rings. The zero-order chi connectivity index (χ0) is 19.0. The van der Waals surface area contributed by atoms with Gasteiger partial charge in [0.1, 0.15) is 11.2 Å². The van der Waals surface area contributed by atoms with Gasteiger partial charge in [-0.05, 0) is 36.4 Å². The Morgan fingerprint density at radius 3 is 2.52 bits per heavy atom. The smallest absolute Gasteiger partial charge is 0.337 e.